The van der Waals surface area contributed by atoms with E-state index in [2.05, 4.69) is 31.3 Å². The first-order valence-corrected chi connectivity index (χ1v) is 26.0. The Hall–Kier alpha value is -1.02. The molecular weight excluding hydrogens is 732 g/mol. The Bertz CT molecular complexity index is 948. The summed E-state index contributed by atoms with van der Waals surface area (Å²) in [6, 6.07) is -0.859. The molecule has 3 unspecified atom stereocenters. The second kappa shape index (κ2) is 44.5. The number of unbranched alkanes of at least 4 members (excludes halogenated alkanes) is 32. The van der Waals surface area contributed by atoms with Crippen molar-refractivity contribution in [1.29, 1.82) is 0 Å². The number of aliphatic hydroxyl groups excluding tert-OH is 1. The van der Waals surface area contributed by atoms with E-state index in [1.807, 2.05) is 6.08 Å². The van der Waals surface area contributed by atoms with Crippen LogP contribution < -0.4 is 11.1 Å². The van der Waals surface area contributed by atoms with E-state index >= 15 is 0 Å². The monoisotopic (exact) mass is 827 g/mol. The van der Waals surface area contributed by atoms with Crippen molar-refractivity contribution in [2.24, 2.45) is 5.73 Å². The average molecular weight is 827 g/mol. The Labute approximate surface area is 353 Å². The number of carbonyl (C=O) groups excluding carboxylic acids is 1. The van der Waals surface area contributed by atoms with Gasteiger partial charge in [-0.1, -0.05) is 218 Å². The fourth-order valence-corrected chi connectivity index (χ4v) is 8.06. The van der Waals surface area contributed by atoms with Gasteiger partial charge in [-0.3, -0.25) is 13.8 Å². The number of rotatable bonds is 46. The molecule has 338 valence electrons. The highest BCUT2D eigenvalue weighted by Gasteiger charge is 2.26. The third kappa shape index (κ3) is 42.9. The highest BCUT2D eigenvalue weighted by Crippen LogP contribution is 2.43. The van der Waals surface area contributed by atoms with Gasteiger partial charge in [0.1, 0.15) is 0 Å². The van der Waals surface area contributed by atoms with Crippen LogP contribution in [-0.4, -0.2) is 47.8 Å². The van der Waals surface area contributed by atoms with Crippen molar-refractivity contribution in [3.05, 3.63) is 24.3 Å². The van der Waals surface area contributed by atoms with Gasteiger partial charge < -0.3 is 21.1 Å². The van der Waals surface area contributed by atoms with E-state index in [0.717, 1.165) is 38.5 Å². The van der Waals surface area contributed by atoms with Crippen LogP contribution in [0, 0.1) is 0 Å². The second-order valence-corrected chi connectivity index (χ2v) is 18.1. The fraction of sp³-hybridized carbons (Fsp3) is 0.896. The van der Waals surface area contributed by atoms with Crippen LogP contribution in [0.2, 0.25) is 0 Å². The number of carbonyl (C=O) groups is 1. The molecule has 0 aliphatic heterocycles. The van der Waals surface area contributed by atoms with Gasteiger partial charge in [-0.05, 0) is 44.9 Å². The first-order valence-electron chi connectivity index (χ1n) is 24.5. The minimum Gasteiger partial charge on any atom is -0.387 e. The van der Waals surface area contributed by atoms with E-state index in [-0.39, 0.29) is 25.7 Å². The maximum atomic E-state index is 12.8. The van der Waals surface area contributed by atoms with Crippen molar-refractivity contribution >= 4 is 13.7 Å². The molecule has 57 heavy (non-hydrogen) atoms. The molecule has 0 saturated carbocycles. The molecule has 8 nitrogen and oxygen atoms in total. The summed E-state index contributed by atoms with van der Waals surface area (Å²) in [6.07, 6.45) is 52.3. The van der Waals surface area contributed by atoms with Crippen LogP contribution >= 0.6 is 7.82 Å². The molecule has 0 rings (SSSR count). The molecule has 0 fully saturated rings. The van der Waals surface area contributed by atoms with Crippen LogP contribution in [-0.2, 0) is 18.4 Å². The quantitative estimate of drug-likeness (QED) is 0.0273. The molecule has 0 heterocycles. The van der Waals surface area contributed by atoms with Crippen LogP contribution in [0.5, 0.6) is 0 Å². The van der Waals surface area contributed by atoms with E-state index in [9.17, 15) is 19.4 Å². The van der Waals surface area contributed by atoms with E-state index in [1.165, 1.54) is 186 Å². The highest BCUT2D eigenvalue weighted by atomic mass is 31.2. The largest absolute Gasteiger partial charge is 0.472 e. The number of phosphoric ester groups is 1. The zero-order chi connectivity index (χ0) is 41.8. The Kier molecular flexibility index (Phi) is 43.7. The van der Waals surface area contributed by atoms with Crippen LogP contribution in [0.1, 0.15) is 245 Å². The maximum absolute atomic E-state index is 12.8. The minimum absolute atomic E-state index is 0.0794. The average Bonchev–Trinajstić information content (AvgIpc) is 3.20. The van der Waals surface area contributed by atoms with Crippen LogP contribution in [0.4, 0.5) is 0 Å². The molecule has 0 spiro atoms. The number of amides is 1. The van der Waals surface area contributed by atoms with Crippen LogP contribution in [0.15, 0.2) is 24.3 Å². The van der Waals surface area contributed by atoms with Crippen molar-refractivity contribution in [3.8, 4) is 0 Å². The predicted molar refractivity (Wildman–Crippen MR) is 245 cm³/mol. The summed E-state index contributed by atoms with van der Waals surface area (Å²) in [5, 5.41) is 13.7. The summed E-state index contributed by atoms with van der Waals surface area (Å²) in [5.74, 6) is -0.194. The van der Waals surface area contributed by atoms with Crippen LogP contribution in [0.25, 0.3) is 0 Å². The Balaban J connectivity index is 4.11. The topological polar surface area (TPSA) is 131 Å². The summed E-state index contributed by atoms with van der Waals surface area (Å²) in [6.45, 7) is 4.16. The molecule has 9 heteroatoms. The van der Waals surface area contributed by atoms with Crippen molar-refractivity contribution in [1.82, 2.24) is 5.32 Å². The highest BCUT2D eigenvalue weighted by molar-refractivity contribution is 7.47. The Morgan fingerprint density at radius 2 is 0.912 bits per heavy atom. The molecule has 3 atom stereocenters. The van der Waals surface area contributed by atoms with Gasteiger partial charge in [-0.25, -0.2) is 4.57 Å². The molecule has 0 aliphatic rings. The van der Waals surface area contributed by atoms with Gasteiger partial charge in [0.25, 0.3) is 0 Å². The minimum atomic E-state index is -4.34. The SMILES string of the molecule is CCCCCCCCCC/C=C\CCCCCCCCCCCC(=O)NC(COP(=O)(O)OCCN)C(O)/C=C/CCCCCCCCCCCCCCCCC. The van der Waals surface area contributed by atoms with E-state index < -0.39 is 20.0 Å². The molecule has 0 aromatic rings. The number of nitrogens with one attached hydrogen (secondary N) is 1. The molecule has 1 amide bonds. The van der Waals surface area contributed by atoms with Gasteiger partial charge in [-0.2, -0.15) is 0 Å². The third-order valence-electron chi connectivity index (χ3n) is 11.0. The van der Waals surface area contributed by atoms with Gasteiger partial charge >= 0.3 is 7.82 Å². The zero-order valence-corrected chi connectivity index (χ0v) is 38.5. The number of allylic oxidation sites excluding steroid dienone is 3. The molecular formula is C48H95N2O6P. The Morgan fingerprint density at radius 3 is 1.30 bits per heavy atom. The first-order chi connectivity index (χ1) is 27.9. The molecule has 5 N–H and O–H groups in total. The zero-order valence-electron chi connectivity index (χ0n) is 37.6. The van der Waals surface area contributed by atoms with Crippen molar-refractivity contribution < 1.29 is 28.4 Å². The third-order valence-corrected chi connectivity index (χ3v) is 12.0. The molecule has 0 aromatic carbocycles. The molecule has 0 aliphatic carbocycles. The van der Waals surface area contributed by atoms with Gasteiger partial charge in [-0.15, -0.1) is 0 Å². The summed E-state index contributed by atoms with van der Waals surface area (Å²) < 4.78 is 22.2. The van der Waals surface area contributed by atoms with Gasteiger partial charge in [0, 0.05) is 13.0 Å². The summed E-state index contributed by atoms with van der Waals surface area (Å²) in [7, 11) is -4.34. The lowest BCUT2D eigenvalue weighted by molar-refractivity contribution is -0.123. The van der Waals surface area contributed by atoms with E-state index in [0.29, 0.717) is 6.42 Å². The van der Waals surface area contributed by atoms with Crippen LogP contribution in [0.3, 0.4) is 0 Å². The normalized spacial score (nSPS) is 14.1. The van der Waals surface area contributed by atoms with Crippen molar-refractivity contribution in [2.45, 2.75) is 257 Å². The molecule has 0 aromatic heterocycles. The Morgan fingerprint density at radius 1 is 0.561 bits per heavy atom. The fourth-order valence-electron chi connectivity index (χ4n) is 7.30. The predicted octanol–water partition coefficient (Wildman–Crippen LogP) is 14.1. The summed E-state index contributed by atoms with van der Waals surface area (Å²) >= 11 is 0. The molecule has 0 radical (unpaired) electrons. The van der Waals surface area contributed by atoms with E-state index in [1.54, 1.807) is 6.08 Å². The second-order valence-electron chi connectivity index (χ2n) is 16.7. The smallest absolute Gasteiger partial charge is 0.387 e. The maximum Gasteiger partial charge on any atom is 0.472 e. The standard InChI is InChI=1S/C48H95N2O6P/c1-3-5-7-9-11-13-15-17-19-21-22-23-24-26-28-30-32-34-36-38-40-42-48(52)50-46(45-56-57(53,54)55-44-43-49)47(51)41-39-37-35-33-31-29-27-25-20-18-16-14-12-10-8-6-4-2/h21-22,39,41,46-47,51H,3-20,23-38,40,42-45,49H2,1-2H3,(H,50,52)(H,53,54)/b22-21-,41-39+. The number of phosphoric acid groups is 1. The summed E-state index contributed by atoms with van der Waals surface area (Å²) in [5.41, 5.74) is 5.39. The van der Waals surface area contributed by atoms with Crippen molar-refractivity contribution in [2.75, 3.05) is 19.8 Å². The number of hydrogen-bond acceptors (Lipinski definition) is 6. The van der Waals surface area contributed by atoms with Gasteiger partial charge in [0.05, 0.1) is 25.4 Å². The molecule has 0 saturated heterocycles. The lowest BCUT2D eigenvalue weighted by Gasteiger charge is -2.23. The molecule has 0 bridgehead atoms. The first kappa shape index (κ1) is 56.0. The van der Waals surface area contributed by atoms with Gasteiger partial charge in [0.2, 0.25) is 5.91 Å². The van der Waals surface area contributed by atoms with Crippen molar-refractivity contribution in [3.63, 3.8) is 0 Å². The van der Waals surface area contributed by atoms with Gasteiger partial charge in [0.15, 0.2) is 0 Å². The number of aliphatic hydroxyl groups is 1. The number of nitrogens with two attached hydrogens (primary N) is 1. The van der Waals surface area contributed by atoms with E-state index in [4.69, 9.17) is 14.8 Å². The summed E-state index contributed by atoms with van der Waals surface area (Å²) in [4.78, 5) is 22.8. The lowest BCUT2D eigenvalue weighted by atomic mass is 10.0. The number of hydrogen-bond donors (Lipinski definition) is 4. The lowest BCUT2D eigenvalue weighted by Crippen LogP contribution is -2.45.